The first-order valence-corrected chi connectivity index (χ1v) is 12.1. The fraction of sp³-hybridized carbons (Fsp3) is 0.462. The van der Waals surface area contributed by atoms with Gasteiger partial charge in [-0.3, -0.25) is 4.90 Å². The molecule has 15 heteroatoms. The third-order valence-electron chi connectivity index (χ3n) is 6.83. The van der Waals surface area contributed by atoms with E-state index in [9.17, 15) is 54.2 Å². The molecule has 0 bridgehead atoms. The number of fused-ring (bicyclic) bond motifs is 1. The van der Waals surface area contributed by atoms with E-state index < -0.39 is 82.4 Å². The van der Waals surface area contributed by atoms with E-state index in [-0.39, 0.29) is 36.9 Å². The van der Waals surface area contributed by atoms with Crippen molar-refractivity contribution in [2.75, 3.05) is 18.6 Å². The van der Waals surface area contributed by atoms with Crippen LogP contribution in [0.2, 0.25) is 0 Å². The van der Waals surface area contributed by atoms with Crippen molar-refractivity contribution in [1.82, 2.24) is 0 Å². The summed E-state index contributed by atoms with van der Waals surface area (Å²) in [7, 11) is 0.698. The number of halogens is 9. The SMILES string of the molecule is CCOC(=O)N1c2ccc(C(F)(F)F)cc2C([C@@](O)(C(=O)OC)c2cc(C(F)(F)F)cc(C(F)(F)F)c2)CC1CC. The summed E-state index contributed by atoms with van der Waals surface area (Å²) in [6, 6.07) is 0.917. The van der Waals surface area contributed by atoms with E-state index in [1.807, 2.05) is 0 Å². The standard InChI is InChI=1S/C26H24F9NO5/c1-4-17-12-19(18-11-13(24(27,28)29)6-7-20(18)36(17)22(38)41-5-2)23(39,21(37)40-3)14-8-15(25(30,31)32)10-16(9-14)26(33,34)35/h6-11,17,19,39H,4-5,12H2,1-3H3/t17?,19?,23-/m1/s1. The highest BCUT2D eigenvalue weighted by molar-refractivity contribution is 5.92. The maximum Gasteiger partial charge on any atom is 0.416 e. The Balaban J connectivity index is 2.43. The van der Waals surface area contributed by atoms with E-state index >= 15 is 0 Å². The summed E-state index contributed by atoms with van der Waals surface area (Å²) in [6.45, 7) is 2.86. The van der Waals surface area contributed by atoms with Gasteiger partial charge in [-0.15, -0.1) is 0 Å². The molecule has 1 N–H and O–H groups in total. The predicted octanol–water partition coefficient (Wildman–Crippen LogP) is 7.03. The number of ether oxygens (including phenoxy) is 2. The highest BCUT2D eigenvalue weighted by Crippen LogP contribution is 2.52. The van der Waals surface area contributed by atoms with Crippen LogP contribution in [-0.4, -0.2) is 36.9 Å². The second-order valence-electron chi connectivity index (χ2n) is 9.24. The smallest absolute Gasteiger partial charge is 0.416 e. The number of esters is 1. The Hall–Kier alpha value is -3.49. The summed E-state index contributed by atoms with van der Waals surface area (Å²) < 4.78 is 133. The van der Waals surface area contributed by atoms with Crippen molar-refractivity contribution in [3.8, 4) is 0 Å². The molecule has 0 aliphatic carbocycles. The molecule has 3 rings (SSSR count). The average molecular weight is 601 g/mol. The fourth-order valence-corrected chi connectivity index (χ4v) is 4.91. The van der Waals surface area contributed by atoms with Crippen molar-refractivity contribution in [1.29, 1.82) is 0 Å². The Labute approximate surface area is 227 Å². The van der Waals surface area contributed by atoms with Crippen LogP contribution in [-0.2, 0) is 38.4 Å². The topological polar surface area (TPSA) is 76.1 Å². The number of alkyl halides is 9. The molecule has 0 saturated carbocycles. The zero-order valence-electron chi connectivity index (χ0n) is 21.7. The van der Waals surface area contributed by atoms with Crippen molar-refractivity contribution >= 4 is 17.7 Å². The number of carbonyl (C=O) groups is 2. The maximum absolute atomic E-state index is 13.7. The number of rotatable bonds is 5. The molecule has 0 spiro atoms. The van der Waals surface area contributed by atoms with Gasteiger partial charge in [0.2, 0.25) is 0 Å². The number of benzene rings is 2. The molecule has 0 fully saturated rings. The van der Waals surface area contributed by atoms with Gasteiger partial charge in [0, 0.05) is 12.0 Å². The summed E-state index contributed by atoms with van der Waals surface area (Å²) in [5.74, 6) is -3.62. The molecule has 1 aliphatic rings. The van der Waals surface area contributed by atoms with Crippen LogP contribution < -0.4 is 4.90 Å². The van der Waals surface area contributed by atoms with E-state index in [2.05, 4.69) is 4.74 Å². The lowest BCUT2D eigenvalue weighted by molar-refractivity contribution is -0.168. The van der Waals surface area contributed by atoms with E-state index in [4.69, 9.17) is 4.74 Å². The molecule has 1 heterocycles. The second-order valence-corrected chi connectivity index (χ2v) is 9.24. The number of aliphatic hydroxyl groups is 1. The van der Waals surface area contributed by atoms with Gasteiger partial charge in [-0.2, -0.15) is 39.5 Å². The van der Waals surface area contributed by atoms with E-state index in [0.717, 1.165) is 11.0 Å². The van der Waals surface area contributed by atoms with Crippen LogP contribution in [0.3, 0.4) is 0 Å². The first-order valence-electron chi connectivity index (χ1n) is 12.1. The fourth-order valence-electron chi connectivity index (χ4n) is 4.91. The number of nitrogens with zero attached hydrogens (tertiary/aromatic N) is 1. The van der Waals surface area contributed by atoms with Gasteiger partial charge in [-0.1, -0.05) is 6.92 Å². The summed E-state index contributed by atoms with van der Waals surface area (Å²) >= 11 is 0. The third kappa shape index (κ3) is 6.09. The molecule has 0 radical (unpaired) electrons. The van der Waals surface area contributed by atoms with Gasteiger partial charge in [-0.05, 0) is 67.3 Å². The lowest BCUT2D eigenvalue weighted by atomic mass is 9.70. The highest BCUT2D eigenvalue weighted by Gasteiger charge is 2.54. The minimum absolute atomic E-state index is 0.0451. The molecule has 3 atom stereocenters. The van der Waals surface area contributed by atoms with Gasteiger partial charge in [0.1, 0.15) is 0 Å². The molecule has 226 valence electrons. The van der Waals surface area contributed by atoms with E-state index in [0.29, 0.717) is 19.2 Å². The Morgan fingerprint density at radius 2 is 1.37 bits per heavy atom. The normalized spacial score (nSPS) is 19.3. The summed E-state index contributed by atoms with van der Waals surface area (Å²) in [4.78, 5) is 26.9. The van der Waals surface area contributed by atoms with Gasteiger partial charge in [0.15, 0.2) is 5.60 Å². The predicted molar refractivity (Wildman–Crippen MR) is 125 cm³/mol. The molecule has 2 aromatic rings. The van der Waals surface area contributed by atoms with Crippen molar-refractivity contribution in [3.05, 3.63) is 64.2 Å². The monoisotopic (exact) mass is 601 g/mol. The largest absolute Gasteiger partial charge is 0.467 e. The molecular formula is C26H24F9NO5. The first-order chi connectivity index (χ1) is 18.8. The van der Waals surface area contributed by atoms with Gasteiger partial charge >= 0.3 is 30.6 Å². The van der Waals surface area contributed by atoms with Crippen LogP contribution in [0, 0.1) is 0 Å². The lowest BCUT2D eigenvalue weighted by Crippen LogP contribution is -2.51. The average Bonchev–Trinajstić information content (AvgIpc) is 2.89. The van der Waals surface area contributed by atoms with Crippen LogP contribution >= 0.6 is 0 Å². The Morgan fingerprint density at radius 3 is 1.80 bits per heavy atom. The third-order valence-corrected chi connectivity index (χ3v) is 6.83. The molecule has 2 unspecified atom stereocenters. The zero-order valence-corrected chi connectivity index (χ0v) is 21.7. The van der Waals surface area contributed by atoms with Crippen LogP contribution in [0.5, 0.6) is 0 Å². The number of hydrogen-bond donors (Lipinski definition) is 1. The Kier molecular flexibility index (Phi) is 8.64. The van der Waals surface area contributed by atoms with Crippen molar-refractivity contribution in [3.63, 3.8) is 0 Å². The van der Waals surface area contributed by atoms with Crippen LogP contribution in [0.15, 0.2) is 36.4 Å². The number of carbonyl (C=O) groups excluding carboxylic acids is 2. The first kappa shape index (κ1) is 32.0. The van der Waals surface area contributed by atoms with Gasteiger partial charge in [0.25, 0.3) is 0 Å². The summed E-state index contributed by atoms with van der Waals surface area (Å²) in [5, 5.41) is 11.8. The van der Waals surface area contributed by atoms with E-state index in [1.165, 1.54) is 13.8 Å². The number of methoxy groups -OCH3 is 1. The molecule has 0 saturated heterocycles. The van der Waals surface area contributed by atoms with Gasteiger partial charge < -0.3 is 14.6 Å². The molecule has 2 aromatic carbocycles. The molecule has 1 aliphatic heterocycles. The minimum atomic E-state index is -5.37. The van der Waals surface area contributed by atoms with Crippen LogP contribution in [0.25, 0.3) is 0 Å². The second kappa shape index (κ2) is 11.1. The van der Waals surface area contributed by atoms with Crippen molar-refractivity contribution in [2.24, 2.45) is 0 Å². The number of hydrogen-bond acceptors (Lipinski definition) is 5. The van der Waals surface area contributed by atoms with Crippen LogP contribution in [0.1, 0.15) is 60.4 Å². The van der Waals surface area contributed by atoms with Gasteiger partial charge in [-0.25, -0.2) is 9.59 Å². The molecule has 41 heavy (non-hydrogen) atoms. The zero-order chi connectivity index (χ0) is 31.1. The lowest BCUT2D eigenvalue weighted by Gasteiger charge is -2.45. The van der Waals surface area contributed by atoms with Crippen LogP contribution in [0.4, 0.5) is 50.0 Å². The minimum Gasteiger partial charge on any atom is -0.467 e. The number of anilines is 1. The molecule has 6 nitrogen and oxygen atoms in total. The summed E-state index contributed by atoms with van der Waals surface area (Å²) in [5.41, 5.74) is -10.5. The maximum atomic E-state index is 13.7. The molecular weight excluding hydrogens is 577 g/mol. The van der Waals surface area contributed by atoms with E-state index in [1.54, 1.807) is 0 Å². The van der Waals surface area contributed by atoms with Crippen molar-refractivity contribution in [2.45, 2.75) is 62.8 Å². The van der Waals surface area contributed by atoms with Crippen molar-refractivity contribution < 1.29 is 63.7 Å². The Morgan fingerprint density at radius 1 is 0.854 bits per heavy atom. The quantitative estimate of drug-likeness (QED) is 0.294. The summed E-state index contributed by atoms with van der Waals surface area (Å²) in [6.07, 6.45) is -17.2. The highest BCUT2D eigenvalue weighted by atomic mass is 19.4. The Bertz CT molecular complexity index is 1270. The number of amides is 1. The van der Waals surface area contributed by atoms with Gasteiger partial charge in [0.05, 0.1) is 36.1 Å². The molecule has 0 aromatic heterocycles. The molecule has 1 amide bonds.